The van der Waals surface area contributed by atoms with Crippen LogP contribution in [-0.2, 0) is 0 Å². The van der Waals surface area contributed by atoms with Crippen molar-refractivity contribution >= 4 is 58.0 Å². The van der Waals surface area contributed by atoms with Crippen LogP contribution in [0.15, 0.2) is 0 Å². The molecule has 0 amide bonds. The van der Waals surface area contributed by atoms with Gasteiger partial charge in [-0.25, -0.2) is 0 Å². The lowest BCUT2D eigenvalue weighted by molar-refractivity contribution is 0.969. The first kappa shape index (κ1) is 7.36. The van der Waals surface area contributed by atoms with Crippen LogP contribution in [0.4, 0.5) is 0 Å². The lowest BCUT2D eigenvalue weighted by Crippen LogP contribution is -2.21. The molecule has 1 aliphatic heterocycles. The number of hydrazine groups is 1. The molecule has 2 nitrogen and oxygen atoms in total. The number of thiol groups is 2. The molecular weight excluding hydrogens is 200 g/mol. The molecule has 0 aromatic carbocycles. The quantitative estimate of drug-likeness (QED) is 0.208. The smallest absolute Gasteiger partial charge is 0.159 e. The molecule has 8 heavy (non-hydrogen) atoms. The number of thiocarbonyl (C=S) groups is 1. The predicted molar refractivity (Wildman–Crippen MR) is 52.0 cm³/mol. The minimum Gasteiger partial charge on any atom is -0.295 e. The van der Waals surface area contributed by atoms with E-state index in [2.05, 4.69) is 33.6 Å². The van der Waals surface area contributed by atoms with Gasteiger partial charge in [-0.2, -0.15) is 4.83 Å². The van der Waals surface area contributed by atoms with Gasteiger partial charge in [0.25, 0.3) is 0 Å². The molecule has 7 heteroatoms. The van der Waals surface area contributed by atoms with Gasteiger partial charge in [0.1, 0.15) is 0 Å². The van der Waals surface area contributed by atoms with Gasteiger partial charge in [-0.3, -0.25) is 5.43 Å². The lowest BCUT2D eigenvalue weighted by Gasteiger charge is -2.14. The van der Waals surface area contributed by atoms with Crippen molar-refractivity contribution in [2.24, 2.45) is 0 Å². The van der Waals surface area contributed by atoms with E-state index in [-0.39, 0.29) is 0 Å². The zero-order valence-corrected chi connectivity index (χ0v) is 7.86. The van der Waals surface area contributed by atoms with E-state index in [1.54, 1.807) is 0 Å². The van der Waals surface area contributed by atoms with E-state index >= 15 is 0 Å². The van der Waals surface area contributed by atoms with Crippen molar-refractivity contribution < 1.29 is 0 Å². The second kappa shape index (κ2) is 2.47. The van der Waals surface area contributed by atoms with Gasteiger partial charge in [0.05, 0.1) is 0 Å². The summed E-state index contributed by atoms with van der Waals surface area (Å²) < 4.78 is 0.689. The Bertz CT molecular complexity index is 120. The van der Waals surface area contributed by atoms with Crippen LogP contribution in [0, 0.1) is 0 Å². The summed E-state index contributed by atoms with van der Waals surface area (Å²) in [6.07, 6.45) is 0. The molecule has 0 spiro atoms. The van der Waals surface area contributed by atoms with E-state index in [9.17, 15) is 0 Å². The Morgan fingerprint density at radius 1 is 1.62 bits per heavy atom. The highest BCUT2D eigenvalue weighted by molar-refractivity contribution is 9.48. The molecule has 48 valence electrons. The van der Waals surface area contributed by atoms with Crippen molar-refractivity contribution in [1.29, 1.82) is 0 Å². The molecule has 0 aromatic rings. The van der Waals surface area contributed by atoms with Crippen LogP contribution >= 0.6 is 53.6 Å². The highest BCUT2D eigenvalue weighted by Crippen LogP contribution is 2.69. The average molecular weight is 204 g/mol. The maximum atomic E-state index is 4.84. The Kier molecular flexibility index (Phi) is 2.27. The summed E-state index contributed by atoms with van der Waals surface area (Å²) in [6, 6.07) is 0. The highest BCUT2D eigenvalue weighted by atomic mass is 33.8. The monoisotopic (exact) mass is 204 g/mol. The van der Waals surface area contributed by atoms with Gasteiger partial charge in [-0.15, -0.1) is 23.3 Å². The van der Waals surface area contributed by atoms with Crippen LogP contribution in [-0.4, -0.2) is 4.32 Å². The van der Waals surface area contributed by atoms with Gasteiger partial charge in [0.15, 0.2) is 4.32 Å². The van der Waals surface area contributed by atoms with Crippen LogP contribution in [0.25, 0.3) is 0 Å². The summed E-state index contributed by atoms with van der Waals surface area (Å²) in [5.74, 6) is 0. The second-order valence-electron chi connectivity index (χ2n) is 1.09. The molecule has 0 bridgehead atoms. The highest BCUT2D eigenvalue weighted by Gasteiger charge is 2.27. The van der Waals surface area contributed by atoms with Crippen molar-refractivity contribution in [2.45, 2.75) is 0 Å². The largest absolute Gasteiger partial charge is 0.295 e. The summed E-state index contributed by atoms with van der Waals surface area (Å²) in [6.45, 7) is 0. The molecule has 1 rings (SSSR count). The Morgan fingerprint density at radius 3 is 2.38 bits per heavy atom. The third kappa shape index (κ3) is 1.39. The first-order valence-electron chi connectivity index (χ1n) is 1.64. The summed E-state index contributed by atoms with van der Waals surface area (Å²) in [4.78, 5) is 2.77. The van der Waals surface area contributed by atoms with Crippen LogP contribution < -0.4 is 10.3 Å². The molecule has 0 aromatic heterocycles. The third-order valence-electron chi connectivity index (χ3n) is 0.552. The Morgan fingerprint density at radius 2 is 2.25 bits per heavy atom. The molecular formula is CH4N2S5. The normalized spacial score (nSPS) is 29.5. The fourth-order valence-corrected chi connectivity index (χ4v) is 3.00. The standard InChI is InChI=1S/CH4N2S5/c4-1-2-3-7-8(1,5)6/h3,5-6H,(H,2,4). The number of rotatable bonds is 0. The number of nitrogens with one attached hydrogen (secondary N) is 2. The number of hydrogen-bond donors (Lipinski definition) is 4. The second-order valence-corrected chi connectivity index (χ2v) is 11.2. The summed E-state index contributed by atoms with van der Waals surface area (Å²) >= 11 is 13.2. The third-order valence-corrected chi connectivity index (χ3v) is 7.35. The Labute approximate surface area is 68.0 Å². The predicted octanol–water partition coefficient (Wildman–Crippen LogP) is 1.44. The summed E-state index contributed by atoms with van der Waals surface area (Å²) in [5.41, 5.74) is 2.74. The van der Waals surface area contributed by atoms with Crippen molar-refractivity contribution in [3.63, 3.8) is 0 Å². The first-order chi connectivity index (χ1) is 3.63. The van der Waals surface area contributed by atoms with Gasteiger partial charge in [-0.05, 0) is 7.12 Å². The molecule has 1 fully saturated rings. The van der Waals surface area contributed by atoms with E-state index < -0.39 is 7.12 Å². The summed E-state index contributed by atoms with van der Waals surface area (Å²) in [7, 11) is 0.107. The van der Waals surface area contributed by atoms with E-state index in [4.69, 9.17) is 12.2 Å². The van der Waals surface area contributed by atoms with Crippen LogP contribution in [0.2, 0.25) is 0 Å². The molecule has 0 atom stereocenters. The molecule has 0 radical (unpaired) electrons. The average Bonchev–Trinajstić information content (AvgIpc) is 1.86. The lowest BCUT2D eigenvalue weighted by atomic mass is 11.5. The van der Waals surface area contributed by atoms with Crippen molar-refractivity contribution in [3.05, 3.63) is 0 Å². The van der Waals surface area contributed by atoms with Gasteiger partial charge in [-0.1, -0.05) is 12.2 Å². The zero-order valence-electron chi connectivity index (χ0n) is 3.62. The van der Waals surface area contributed by atoms with E-state index in [0.29, 0.717) is 4.32 Å². The summed E-state index contributed by atoms with van der Waals surface area (Å²) in [5, 5.41) is 0. The SMILES string of the molecule is S=C1NNSS1(S)S. The van der Waals surface area contributed by atoms with E-state index in [1.807, 2.05) is 0 Å². The fourth-order valence-electron chi connectivity index (χ4n) is 0.225. The molecule has 1 aliphatic rings. The Hall–Kier alpha value is 1.25. The van der Waals surface area contributed by atoms with Crippen molar-refractivity contribution in [3.8, 4) is 0 Å². The molecule has 0 aliphatic carbocycles. The molecule has 1 heterocycles. The molecule has 0 saturated carbocycles. The van der Waals surface area contributed by atoms with Gasteiger partial charge in [0, 0.05) is 11.0 Å². The maximum absolute atomic E-state index is 4.84. The van der Waals surface area contributed by atoms with Gasteiger partial charge in [0.2, 0.25) is 0 Å². The van der Waals surface area contributed by atoms with E-state index in [1.165, 1.54) is 11.0 Å². The van der Waals surface area contributed by atoms with Crippen LogP contribution in [0.3, 0.4) is 0 Å². The fraction of sp³-hybridized carbons (Fsp3) is 0. The van der Waals surface area contributed by atoms with E-state index in [0.717, 1.165) is 0 Å². The zero-order chi connectivity index (χ0) is 6.20. The van der Waals surface area contributed by atoms with Crippen LogP contribution in [0.5, 0.6) is 0 Å². The number of hydrogen-bond acceptors (Lipinski definition) is 5. The topological polar surface area (TPSA) is 24.1 Å². The molecule has 0 unspecified atom stereocenters. The first-order valence-corrected chi connectivity index (χ1v) is 7.12. The maximum Gasteiger partial charge on any atom is 0.159 e. The Balaban J connectivity index is 2.68. The van der Waals surface area contributed by atoms with Crippen molar-refractivity contribution in [2.75, 3.05) is 0 Å². The minimum absolute atomic E-state index is 0.689. The van der Waals surface area contributed by atoms with Gasteiger partial charge < -0.3 is 0 Å². The molecule has 1 saturated heterocycles. The van der Waals surface area contributed by atoms with Crippen LogP contribution in [0.1, 0.15) is 0 Å². The molecule has 2 N–H and O–H groups in total. The minimum atomic E-state index is -1.31. The van der Waals surface area contributed by atoms with Gasteiger partial charge >= 0.3 is 0 Å². The van der Waals surface area contributed by atoms with Crippen molar-refractivity contribution in [1.82, 2.24) is 10.3 Å².